The van der Waals surface area contributed by atoms with Crippen molar-refractivity contribution in [3.05, 3.63) is 28.7 Å². The number of hydrogen-bond acceptors (Lipinski definition) is 1. The maximum absolute atomic E-state index is 3.53. The number of hydrogen-bond donors (Lipinski definition) is 2. The fraction of sp³-hybridized carbons (Fsp3) is 0.538. The lowest BCUT2D eigenvalue weighted by Gasteiger charge is -2.05. The third-order valence-electron chi connectivity index (χ3n) is 3.14. The predicted octanol–water partition coefficient (Wildman–Crippen LogP) is 2.99. The molecule has 0 radical (unpaired) electrons. The maximum Gasteiger partial charge on any atom is 0.0429 e. The van der Waals surface area contributed by atoms with Gasteiger partial charge in [0.05, 0.1) is 0 Å². The van der Waals surface area contributed by atoms with Crippen molar-refractivity contribution < 1.29 is 0 Å². The summed E-state index contributed by atoms with van der Waals surface area (Å²) in [5.74, 6) is 0.656. The van der Waals surface area contributed by atoms with E-state index < -0.39 is 0 Å². The van der Waals surface area contributed by atoms with Gasteiger partial charge in [0.2, 0.25) is 0 Å². The van der Waals surface area contributed by atoms with Crippen molar-refractivity contribution in [2.24, 2.45) is 5.92 Å². The molecule has 1 fully saturated rings. The van der Waals surface area contributed by atoms with E-state index in [1.807, 2.05) is 0 Å². The van der Waals surface area contributed by atoms with Gasteiger partial charge in [0.15, 0.2) is 0 Å². The third-order valence-corrected chi connectivity index (χ3v) is 3.14. The van der Waals surface area contributed by atoms with Gasteiger partial charge in [-0.25, -0.2) is 0 Å². The lowest BCUT2D eigenvalue weighted by Crippen LogP contribution is -2.15. The van der Waals surface area contributed by atoms with Crippen LogP contribution in [0.3, 0.4) is 0 Å². The van der Waals surface area contributed by atoms with Crippen LogP contribution in [-0.2, 0) is 0 Å². The number of aromatic amines is 1. The molecule has 2 rings (SSSR count). The lowest BCUT2D eigenvalue weighted by molar-refractivity contribution is 0.628. The molecule has 1 aromatic rings. The van der Waals surface area contributed by atoms with Gasteiger partial charge in [-0.3, -0.25) is 0 Å². The number of rotatable bonds is 1. The molecule has 2 heteroatoms. The van der Waals surface area contributed by atoms with Gasteiger partial charge in [0.25, 0.3) is 0 Å². The Morgan fingerprint density at radius 3 is 2.53 bits per heavy atom. The molecule has 0 aliphatic carbocycles. The van der Waals surface area contributed by atoms with Crippen LogP contribution in [0, 0.1) is 19.8 Å². The smallest absolute Gasteiger partial charge is 0.0429 e. The predicted molar refractivity (Wildman–Crippen MR) is 64.6 cm³/mol. The van der Waals surface area contributed by atoms with Crippen LogP contribution in [0.5, 0.6) is 0 Å². The average Bonchev–Trinajstić information content (AvgIpc) is 2.58. The van der Waals surface area contributed by atoms with Gasteiger partial charge >= 0.3 is 0 Å². The summed E-state index contributed by atoms with van der Waals surface area (Å²) in [5, 5.41) is 3.53. The highest BCUT2D eigenvalue weighted by Crippen LogP contribution is 2.25. The second-order valence-corrected chi connectivity index (χ2v) is 4.83. The van der Waals surface area contributed by atoms with Crippen LogP contribution in [0.2, 0.25) is 0 Å². The molecule has 0 bridgehead atoms. The van der Waals surface area contributed by atoms with E-state index in [-0.39, 0.29) is 0 Å². The van der Waals surface area contributed by atoms with Gasteiger partial charge in [-0.1, -0.05) is 6.92 Å². The third kappa shape index (κ3) is 2.09. The van der Waals surface area contributed by atoms with Crippen molar-refractivity contribution in [3.8, 4) is 0 Å². The Labute approximate surface area is 91.8 Å². The number of H-pyrrole nitrogens is 1. The molecule has 2 heterocycles. The highest BCUT2D eigenvalue weighted by molar-refractivity contribution is 5.54. The highest BCUT2D eigenvalue weighted by Gasteiger charge is 2.21. The van der Waals surface area contributed by atoms with Crippen LogP contribution in [0.4, 0.5) is 0 Å². The van der Waals surface area contributed by atoms with E-state index in [0.717, 1.165) is 0 Å². The average molecular weight is 204 g/mol. The van der Waals surface area contributed by atoms with Crippen molar-refractivity contribution in [2.45, 2.75) is 40.2 Å². The molecule has 82 valence electrons. The zero-order valence-electron chi connectivity index (χ0n) is 10.0. The Balaban J connectivity index is 2.26. The van der Waals surface area contributed by atoms with Crippen LogP contribution >= 0.6 is 0 Å². The Morgan fingerprint density at radius 2 is 2.07 bits per heavy atom. The summed E-state index contributed by atoms with van der Waals surface area (Å²) >= 11 is 0. The van der Waals surface area contributed by atoms with Crippen molar-refractivity contribution in [1.82, 2.24) is 10.3 Å². The van der Waals surface area contributed by atoms with E-state index in [1.54, 1.807) is 0 Å². The van der Waals surface area contributed by atoms with E-state index >= 15 is 0 Å². The van der Waals surface area contributed by atoms with Gasteiger partial charge in [-0.2, -0.15) is 0 Å². The highest BCUT2D eigenvalue weighted by atomic mass is 15.0. The molecule has 1 aromatic heterocycles. The fourth-order valence-corrected chi connectivity index (χ4v) is 2.38. The molecule has 0 saturated carbocycles. The van der Waals surface area contributed by atoms with Crippen LogP contribution in [0.25, 0.3) is 6.08 Å². The normalized spacial score (nSPS) is 28.4. The first kappa shape index (κ1) is 10.3. The van der Waals surface area contributed by atoms with Crippen LogP contribution in [0.15, 0.2) is 11.8 Å². The quantitative estimate of drug-likeness (QED) is 0.723. The monoisotopic (exact) mass is 204 g/mol. The van der Waals surface area contributed by atoms with Crippen molar-refractivity contribution >= 4 is 6.08 Å². The van der Waals surface area contributed by atoms with E-state index in [9.17, 15) is 0 Å². The van der Waals surface area contributed by atoms with Gasteiger partial charge < -0.3 is 10.3 Å². The fourth-order valence-electron chi connectivity index (χ4n) is 2.38. The minimum Gasteiger partial charge on any atom is -0.386 e. The van der Waals surface area contributed by atoms with Gasteiger partial charge in [-0.05, 0) is 50.8 Å². The topological polar surface area (TPSA) is 27.8 Å². The molecule has 1 aliphatic rings. The standard InChI is InChI=1S/C13H20N2/c1-8-5-10(3)14-12(8)7-13-9(2)6-11(4)15-13/h5,7,9,11,14-15H,6H2,1-4H3/b13-7-. The molecule has 15 heavy (non-hydrogen) atoms. The van der Waals surface area contributed by atoms with Crippen molar-refractivity contribution in [1.29, 1.82) is 0 Å². The van der Waals surface area contributed by atoms with E-state index in [0.29, 0.717) is 12.0 Å². The molecular formula is C13H20N2. The van der Waals surface area contributed by atoms with Crippen molar-refractivity contribution in [2.75, 3.05) is 0 Å². The molecule has 2 atom stereocenters. The molecule has 1 saturated heterocycles. The lowest BCUT2D eigenvalue weighted by atomic mass is 10.1. The second-order valence-electron chi connectivity index (χ2n) is 4.83. The molecular weight excluding hydrogens is 184 g/mol. The molecule has 2 nitrogen and oxygen atoms in total. The Morgan fingerprint density at radius 1 is 1.33 bits per heavy atom. The summed E-state index contributed by atoms with van der Waals surface area (Å²) < 4.78 is 0. The largest absolute Gasteiger partial charge is 0.386 e. The Kier molecular flexibility index (Phi) is 2.59. The van der Waals surface area contributed by atoms with Crippen LogP contribution in [0.1, 0.15) is 37.2 Å². The first-order valence-corrected chi connectivity index (χ1v) is 5.70. The number of aromatic nitrogens is 1. The minimum atomic E-state index is 0.614. The van der Waals surface area contributed by atoms with E-state index in [4.69, 9.17) is 0 Å². The Bertz CT molecular complexity index is 387. The SMILES string of the molecule is Cc1cc(C)c(/C=C2\NC(C)CC2C)[nH]1. The van der Waals surface area contributed by atoms with Gasteiger partial charge in [0, 0.05) is 23.1 Å². The molecule has 2 N–H and O–H groups in total. The summed E-state index contributed by atoms with van der Waals surface area (Å²) in [7, 11) is 0. The number of nitrogens with one attached hydrogen (secondary N) is 2. The summed E-state index contributed by atoms with van der Waals surface area (Å²) in [5.41, 5.74) is 5.18. The second kappa shape index (κ2) is 3.76. The van der Waals surface area contributed by atoms with Crippen molar-refractivity contribution in [3.63, 3.8) is 0 Å². The minimum absolute atomic E-state index is 0.614. The van der Waals surface area contributed by atoms with E-state index in [1.165, 1.54) is 29.1 Å². The first-order chi connectivity index (χ1) is 7.06. The molecule has 0 amide bonds. The first-order valence-electron chi connectivity index (χ1n) is 5.70. The molecule has 2 unspecified atom stereocenters. The summed E-state index contributed by atoms with van der Waals surface area (Å²) in [6.45, 7) is 8.78. The zero-order valence-corrected chi connectivity index (χ0v) is 10.0. The van der Waals surface area contributed by atoms with E-state index in [2.05, 4.69) is 50.1 Å². The Hall–Kier alpha value is -1.18. The summed E-state index contributed by atoms with van der Waals surface area (Å²) in [6.07, 6.45) is 3.50. The molecule has 1 aliphatic heterocycles. The number of allylic oxidation sites excluding steroid dienone is 1. The van der Waals surface area contributed by atoms with Crippen LogP contribution < -0.4 is 5.32 Å². The van der Waals surface area contributed by atoms with Gasteiger partial charge in [0.1, 0.15) is 0 Å². The summed E-state index contributed by atoms with van der Waals surface area (Å²) in [6, 6.07) is 2.80. The number of aryl methyl sites for hydroxylation is 2. The zero-order chi connectivity index (χ0) is 11.0. The molecule has 0 aromatic carbocycles. The van der Waals surface area contributed by atoms with Crippen LogP contribution in [-0.4, -0.2) is 11.0 Å². The summed E-state index contributed by atoms with van der Waals surface area (Å²) in [4.78, 5) is 3.39. The van der Waals surface area contributed by atoms with Gasteiger partial charge in [-0.15, -0.1) is 0 Å². The molecule has 0 spiro atoms. The maximum atomic E-state index is 3.53.